The number of rotatable bonds is 5. The molecule has 1 amide bonds. The number of carbonyl (C=O) groups is 1. The Morgan fingerprint density at radius 1 is 1.56 bits per heavy atom. The first kappa shape index (κ1) is 15.4. The van der Waals surface area contributed by atoms with Gasteiger partial charge in [-0.2, -0.15) is 0 Å². The number of morpholine rings is 1. The van der Waals surface area contributed by atoms with Crippen LogP contribution in [0.4, 0.5) is 0 Å². The van der Waals surface area contributed by atoms with Gasteiger partial charge in [-0.1, -0.05) is 0 Å². The molecule has 0 aromatic carbocycles. The van der Waals surface area contributed by atoms with Crippen molar-refractivity contribution in [2.45, 2.75) is 51.7 Å². The van der Waals surface area contributed by atoms with Gasteiger partial charge in [0.2, 0.25) is 5.91 Å². The summed E-state index contributed by atoms with van der Waals surface area (Å²) in [5.74, 6) is -0.307. The summed E-state index contributed by atoms with van der Waals surface area (Å²) in [7, 11) is 0. The Labute approximate surface area is 110 Å². The van der Waals surface area contributed by atoms with Gasteiger partial charge >= 0.3 is 0 Å². The second-order valence-electron chi connectivity index (χ2n) is 6.28. The lowest BCUT2D eigenvalue weighted by molar-refractivity contribution is -0.127. The van der Waals surface area contributed by atoms with Gasteiger partial charge in [0, 0.05) is 24.7 Å². The number of nitrogens with two attached hydrogens (primary N) is 1. The minimum atomic E-state index is -0.706. The van der Waals surface area contributed by atoms with Gasteiger partial charge in [0.15, 0.2) is 0 Å². The molecule has 0 radical (unpaired) electrons. The highest BCUT2D eigenvalue weighted by molar-refractivity contribution is 5.84. The van der Waals surface area contributed by atoms with Crippen molar-refractivity contribution in [1.82, 2.24) is 10.2 Å². The molecule has 1 saturated heterocycles. The average molecular weight is 257 g/mol. The molecule has 1 fully saturated rings. The van der Waals surface area contributed by atoms with Crippen LogP contribution in [0, 0.1) is 0 Å². The number of nitrogens with one attached hydrogen (secondary N) is 1. The lowest BCUT2D eigenvalue weighted by atomic mass is 9.94. The number of ether oxygens (including phenoxy) is 1. The number of amides is 1. The first-order chi connectivity index (χ1) is 8.17. The van der Waals surface area contributed by atoms with Crippen LogP contribution < -0.4 is 11.1 Å². The van der Waals surface area contributed by atoms with Crippen molar-refractivity contribution in [3.63, 3.8) is 0 Å². The van der Waals surface area contributed by atoms with Crippen LogP contribution in [0.2, 0.25) is 0 Å². The van der Waals surface area contributed by atoms with Gasteiger partial charge in [-0.15, -0.1) is 0 Å². The van der Waals surface area contributed by atoms with Crippen LogP contribution in [-0.4, -0.2) is 54.2 Å². The highest BCUT2D eigenvalue weighted by atomic mass is 16.5. The highest BCUT2D eigenvalue weighted by Gasteiger charge is 2.39. The van der Waals surface area contributed by atoms with Crippen molar-refractivity contribution in [2.24, 2.45) is 5.73 Å². The molecule has 1 atom stereocenters. The predicted molar refractivity (Wildman–Crippen MR) is 72.3 cm³/mol. The van der Waals surface area contributed by atoms with Crippen LogP contribution in [0.1, 0.15) is 34.6 Å². The quantitative estimate of drug-likeness (QED) is 0.745. The van der Waals surface area contributed by atoms with E-state index in [1.54, 1.807) is 0 Å². The molecule has 5 nitrogen and oxygen atoms in total. The summed E-state index contributed by atoms with van der Waals surface area (Å²) in [5, 5.41) is 3.28. The summed E-state index contributed by atoms with van der Waals surface area (Å²) in [4.78, 5) is 14.0. The summed E-state index contributed by atoms with van der Waals surface area (Å²) in [6.07, 6.45) is 0. The largest absolute Gasteiger partial charge is 0.378 e. The second-order valence-corrected chi connectivity index (χ2v) is 6.28. The van der Waals surface area contributed by atoms with Gasteiger partial charge in [-0.3, -0.25) is 9.69 Å². The Balaban J connectivity index is 2.79. The molecular weight excluding hydrogens is 230 g/mol. The molecule has 1 unspecified atom stereocenters. The first-order valence-corrected chi connectivity index (χ1v) is 6.58. The number of hydrogen-bond acceptors (Lipinski definition) is 4. The van der Waals surface area contributed by atoms with E-state index in [1.807, 2.05) is 20.8 Å². The van der Waals surface area contributed by atoms with Crippen molar-refractivity contribution < 1.29 is 9.53 Å². The molecule has 0 aliphatic carbocycles. The maximum atomic E-state index is 11.7. The second kappa shape index (κ2) is 5.55. The molecule has 1 aliphatic rings. The van der Waals surface area contributed by atoms with E-state index in [4.69, 9.17) is 10.5 Å². The molecule has 5 heteroatoms. The molecule has 18 heavy (non-hydrogen) atoms. The smallest absolute Gasteiger partial charge is 0.238 e. The predicted octanol–water partition coefficient (Wildman–Crippen LogP) is 0.339. The van der Waals surface area contributed by atoms with Gasteiger partial charge in [0.25, 0.3) is 0 Å². The molecule has 0 saturated carbocycles. The van der Waals surface area contributed by atoms with Gasteiger partial charge in [-0.05, 0) is 34.6 Å². The van der Waals surface area contributed by atoms with E-state index in [1.165, 1.54) is 0 Å². The number of hydrogen-bond donors (Lipinski definition) is 2. The first-order valence-electron chi connectivity index (χ1n) is 6.58. The fourth-order valence-corrected chi connectivity index (χ4v) is 2.40. The third kappa shape index (κ3) is 3.67. The van der Waals surface area contributed by atoms with Crippen molar-refractivity contribution in [1.29, 1.82) is 0 Å². The lowest BCUT2D eigenvalue weighted by Crippen LogP contribution is -2.65. The Kier molecular flexibility index (Phi) is 4.75. The van der Waals surface area contributed by atoms with Crippen molar-refractivity contribution >= 4 is 5.91 Å². The number of primary amides is 1. The van der Waals surface area contributed by atoms with Crippen LogP contribution in [0.5, 0.6) is 0 Å². The molecule has 1 rings (SSSR count). The molecule has 0 aromatic heterocycles. The summed E-state index contributed by atoms with van der Waals surface area (Å²) in [6.45, 7) is 13.0. The zero-order valence-corrected chi connectivity index (χ0v) is 12.2. The summed E-state index contributed by atoms with van der Waals surface area (Å²) < 4.78 is 5.49. The SMILES string of the molecule is CC(C)NC(C)(CN1CCOCC1(C)C)C(N)=O. The van der Waals surface area contributed by atoms with E-state index in [9.17, 15) is 4.79 Å². The van der Waals surface area contributed by atoms with E-state index in [2.05, 4.69) is 24.1 Å². The monoisotopic (exact) mass is 257 g/mol. The molecule has 0 aromatic rings. The molecule has 0 spiro atoms. The molecule has 3 N–H and O–H groups in total. The molecule has 1 heterocycles. The van der Waals surface area contributed by atoms with Crippen LogP contribution >= 0.6 is 0 Å². The Morgan fingerprint density at radius 3 is 2.61 bits per heavy atom. The van der Waals surface area contributed by atoms with Gasteiger partial charge in [-0.25, -0.2) is 0 Å². The lowest BCUT2D eigenvalue weighted by Gasteiger charge is -2.46. The van der Waals surface area contributed by atoms with Gasteiger partial charge in [0.1, 0.15) is 5.54 Å². The highest BCUT2D eigenvalue weighted by Crippen LogP contribution is 2.21. The van der Waals surface area contributed by atoms with Gasteiger partial charge in [0.05, 0.1) is 13.2 Å². The zero-order valence-electron chi connectivity index (χ0n) is 12.2. The zero-order chi connectivity index (χ0) is 14.0. The van der Waals surface area contributed by atoms with Crippen molar-refractivity contribution in [3.8, 4) is 0 Å². The third-order valence-corrected chi connectivity index (χ3v) is 3.48. The van der Waals surface area contributed by atoms with Crippen molar-refractivity contribution in [3.05, 3.63) is 0 Å². The molecule has 0 bridgehead atoms. The Hall–Kier alpha value is -0.650. The van der Waals surface area contributed by atoms with E-state index in [0.717, 1.165) is 6.54 Å². The minimum Gasteiger partial charge on any atom is -0.378 e. The molecular formula is C13H27N3O2. The third-order valence-electron chi connectivity index (χ3n) is 3.48. The van der Waals surface area contributed by atoms with Crippen LogP contribution in [0.3, 0.4) is 0 Å². The maximum Gasteiger partial charge on any atom is 0.238 e. The fraction of sp³-hybridized carbons (Fsp3) is 0.923. The van der Waals surface area contributed by atoms with E-state index < -0.39 is 5.54 Å². The molecule has 106 valence electrons. The van der Waals surface area contributed by atoms with Crippen LogP contribution in [0.15, 0.2) is 0 Å². The fourth-order valence-electron chi connectivity index (χ4n) is 2.40. The van der Waals surface area contributed by atoms with Crippen molar-refractivity contribution in [2.75, 3.05) is 26.3 Å². The summed E-state index contributed by atoms with van der Waals surface area (Å²) in [6, 6.07) is 0.214. The number of nitrogens with zero attached hydrogens (tertiary/aromatic N) is 1. The van der Waals surface area contributed by atoms with Gasteiger partial charge < -0.3 is 15.8 Å². The topological polar surface area (TPSA) is 67.6 Å². The average Bonchev–Trinajstić information content (AvgIpc) is 2.19. The van der Waals surface area contributed by atoms with Crippen LogP contribution in [0.25, 0.3) is 0 Å². The van der Waals surface area contributed by atoms with E-state index in [0.29, 0.717) is 19.8 Å². The van der Waals surface area contributed by atoms with E-state index >= 15 is 0 Å². The minimum absolute atomic E-state index is 0.0619. The Morgan fingerprint density at radius 2 is 2.17 bits per heavy atom. The maximum absolute atomic E-state index is 11.7. The standard InChI is InChI=1S/C13H27N3O2/c1-10(2)15-13(5,11(14)17)8-16-6-7-18-9-12(16,3)4/h10,15H,6-9H2,1-5H3,(H2,14,17). The van der Waals surface area contributed by atoms with Crippen LogP contribution in [-0.2, 0) is 9.53 Å². The molecule has 1 aliphatic heterocycles. The Bertz CT molecular complexity index is 305. The number of carbonyl (C=O) groups excluding carboxylic acids is 1. The summed E-state index contributed by atoms with van der Waals surface area (Å²) >= 11 is 0. The van der Waals surface area contributed by atoms with E-state index in [-0.39, 0.29) is 17.5 Å². The normalized spacial score (nSPS) is 23.9. The summed E-state index contributed by atoms with van der Waals surface area (Å²) in [5.41, 5.74) is 4.80.